The maximum atomic E-state index is 5.38. The number of para-hydroxylation sites is 2. The number of benzene rings is 9. The fraction of sp³-hybridized carbons (Fsp3) is 0.0189. The Labute approximate surface area is 323 Å². The summed E-state index contributed by atoms with van der Waals surface area (Å²) in [7, 11) is 0. The molecule has 0 saturated heterocycles. The number of fused-ring (bicyclic) bond motifs is 10. The van der Waals surface area contributed by atoms with E-state index in [1.165, 1.54) is 76.8 Å². The van der Waals surface area contributed by atoms with Crippen LogP contribution in [0.15, 0.2) is 188 Å². The summed E-state index contributed by atoms with van der Waals surface area (Å²) in [4.78, 5) is 10.6. The van der Waals surface area contributed by atoms with Crippen LogP contribution in [-0.4, -0.2) is 14.5 Å². The molecule has 0 radical (unpaired) electrons. The van der Waals surface area contributed by atoms with Crippen molar-refractivity contribution in [3.05, 3.63) is 199 Å². The van der Waals surface area contributed by atoms with Gasteiger partial charge in [0, 0.05) is 21.7 Å². The summed E-state index contributed by atoms with van der Waals surface area (Å²) < 4.78 is 2.25. The highest BCUT2D eigenvalue weighted by Crippen LogP contribution is 2.41. The van der Waals surface area contributed by atoms with Crippen LogP contribution >= 0.6 is 0 Å². The zero-order valence-electron chi connectivity index (χ0n) is 30.4. The number of aromatic nitrogens is 3. The molecule has 0 saturated carbocycles. The van der Waals surface area contributed by atoms with Gasteiger partial charge in [0.15, 0.2) is 0 Å². The van der Waals surface area contributed by atoms with E-state index < -0.39 is 0 Å². The van der Waals surface area contributed by atoms with Crippen LogP contribution in [0.5, 0.6) is 0 Å². The molecule has 12 rings (SSSR count). The summed E-state index contributed by atoms with van der Waals surface area (Å²) in [5.74, 6) is 0.666. The summed E-state index contributed by atoms with van der Waals surface area (Å²) >= 11 is 0. The first-order chi connectivity index (χ1) is 27.7. The van der Waals surface area contributed by atoms with Gasteiger partial charge in [-0.15, -0.1) is 0 Å². The molecule has 0 bridgehead atoms. The molecular weight excluding hydrogens is 679 g/mol. The lowest BCUT2D eigenvalue weighted by Crippen LogP contribution is -2.03. The van der Waals surface area contributed by atoms with E-state index in [2.05, 4.69) is 193 Å². The summed E-state index contributed by atoms with van der Waals surface area (Å²) in [5, 5.41) is 8.25. The van der Waals surface area contributed by atoms with Crippen molar-refractivity contribution in [1.82, 2.24) is 14.5 Å². The van der Waals surface area contributed by atoms with Gasteiger partial charge < -0.3 is 0 Å². The zero-order chi connectivity index (χ0) is 36.7. The second-order valence-electron chi connectivity index (χ2n) is 15.0. The van der Waals surface area contributed by atoms with Crippen LogP contribution in [0, 0.1) is 0 Å². The van der Waals surface area contributed by atoms with E-state index in [4.69, 9.17) is 9.97 Å². The molecular formula is C53H33N3. The van der Waals surface area contributed by atoms with Gasteiger partial charge in [0.1, 0.15) is 0 Å². The first-order valence-corrected chi connectivity index (χ1v) is 19.3. The molecule has 1 aliphatic rings. The maximum absolute atomic E-state index is 5.38. The van der Waals surface area contributed by atoms with Crippen LogP contribution in [0.1, 0.15) is 11.1 Å². The van der Waals surface area contributed by atoms with Gasteiger partial charge in [-0.1, -0.05) is 152 Å². The molecule has 2 heterocycles. The van der Waals surface area contributed by atoms with E-state index in [0.717, 1.165) is 39.6 Å². The summed E-state index contributed by atoms with van der Waals surface area (Å²) in [6.07, 6.45) is 1.01. The van der Waals surface area contributed by atoms with Gasteiger partial charge in [0.25, 0.3) is 0 Å². The molecule has 0 N–H and O–H groups in total. The molecule has 2 aromatic heterocycles. The van der Waals surface area contributed by atoms with Crippen molar-refractivity contribution < 1.29 is 0 Å². The molecule has 3 nitrogen and oxygen atoms in total. The van der Waals surface area contributed by atoms with Crippen LogP contribution in [0.3, 0.4) is 0 Å². The molecule has 1 aliphatic carbocycles. The Balaban J connectivity index is 0.995. The van der Waals surface area contributed by atoms with Crippen LogP contribution in [0.4, 0.5) is 0 Å². The van der Waals surface area contributed by atoms with Crippen molar-refractivity contribution in [2.45, 2.75) is 6.42 Å². The molecule has 56 heavy (non-hydrogen) atoms. The highest BCUT2D eigenvalue weighted by atomic mass is 15.2. The van der Waals surface area contributed by atoms with Gasteiger partial charge in [-0.3, -0.25) is 4.57 Å². The Morgan fingerprint density at radius 3 is 1.91 bits per heavy atom. The SMILES string of the molecule is c1ccc2c(c1)Cc1ccc(-c3ccc(-c4ccc5ccc6c(c5c4)c4ccccc4n6-c4nc(-c5ccc6ccccc6c5)c5ccccc5n4)cc3)cc1-2. The lowest BCUT2D eigenvalue weighted by Gasteiger charge is -2.12. The molecule has 0 unspecified atom stereocenters. The maximum Gasteiger partial charge on any atom is 0.235 e. The van der Waals surface area contributed by atoms with Gasteiger partial charge in [0.2, 0.25) is 5.95 Å². The predicted molar refractivity (Wildman–Crippen MR) is 233 cm³/mol. The summed E-state index contributed by atoms with van der Waals surface area (Å²) in [6, 6.07) is 68.2. The molecule has 260 valence electrons. The third-order valence-corrected chi connectivity index (χ3v) is 11.8. The van der Waals surface area contributed by atoms with Crippen molar-refractivity contribution in [3.63, 3.8) is 0 Å². The molecule has 9 aromatic carbocycles. The molecule has 0 fully saturated rings. The van der Waals surface area contributed by atoms with Crippen molar-refractivity contribution in [2.24, 2.45) is 0 Å². The number of hydrogen-bond acceptors (Lipinski definition) is 2. The van der Waals surface area contributed by atoms with Gasteiger partial charge in [-0.2, -0.15) is 0 Å². The Morgan fingerprint density at radius 1 is 0.375 bits per heavy atom. The Bertz CT molecular complexity index is 3390. The fourth-order valence-electron chi connectivity index (χ4n) is 9.06. The average Bonchev–Trinajstić information content (AvgIpc) is 3.81. The van der Waals surface area contributed by atoms with E-state index >= 15 is 0 Å². The van der Waals surface area contributed by atoms with Crippen molar-refractivity contribution in [3.8, 4) is 50.6 Å². The first kappa shape index (κ1) is 31.0. The Kier molecular flexibility index (Phi) is 6.69. The molecule has 0 aliphatic heterocycles. The molecule has 0 atom stereocenters. The largest absolute Gasteiger partial charge is 0.278 e. The second kappa shape index (κ2) is 12.1. The summed E-state index contributed by atoms with van der Waals surface area (Å²) in [6.45, 7) is 0. The van der Waals surface area contributed by atoms with E-state index in [0.29, 0.717) is 5.95 Å². The van der Waals surface area contributed by atoms with Crippen LogP contribution in [-0.2, 0) is 6.42 Å². The monoisotopic (exact) mass is 711 g/mol. The number of rotatable bonds is 4. The molecule has 11 aromatic rings. The highest BCUT2D eigenvalue weighted by Gasteiger charge is 2.20. The fourth-order valence-corrected chi connectivity index (χ4v) is 9.06. The molecule has 0 spiro atoms. The van der Waals surface area contributed by atoms with Gasteiger partial charge in [0.05, 0.1) is 22.2 Å². The van der Waals surface area contributed by atoms with E-state index in [9.17, 15) is 0 Å². The lowest BCUT2D eigenvalue weighted by atomic mass is 9.95. The normalized spacial score (nSPS) is 12.2. The molecule has 0 amide bonds. The highest BCUT2D eigenvalue weighted by molar-refractivity contribution is 6.21. The van der Waals surface area contributed by atoms with Gasteiger partial charge >= 0.3 is 0 Å². The topological polar surface area (TPSA) is 30.7 Å². The third-order valence-electron chi connectivity index (χ3n) is 11.8. The van der Waals surface area contributed by atoms with Crippen molar-refractivity contribution in [1.29, 1.82) is 0 Å². The Hall–Kier alpha value is -7.36. The minimum atomic E-state index is 0.666. The summed E-state index contributed by atoms with van der Waals surface area (Å²) in [5.41, 5.74) is 15.5. The standard InChI is InChI=1S/C53H33N3/c1-2-10-37-29-42(26-21-33(37)9-1)52-44-13-5-7-15-48(44)54-53(55-52)56-49-16-8-6-14-45(49)51-47-32-39(23-22-36(47)27-28-50(51)56)35-19-17-34(18-20-35)38-24-25-41-30-40-11-3-4-12-43(40)46(41)31-38/h1-29,31-32H,30H2. The zero-order valence-corrected chi connectivity index (χ0v) is 30.4. The predicted octanol–water partition coefficient (Wildman–Crippen LogP) is 13.6. The van der Waals surface area contributed by atoms with E-state index in [1.807, 2.05) is 0 Å². The van der Waals surface area contributed by atoms with Crippen molar-refractivity contribution >= 4 is 54.3 Å². The number of nitrogens with zero attached hydrogens (tertiary/aromatic N) is 3. The van der Waals surface area contributed by atoms with Gasteiger partial charge in [-0.25, -0.2) is 9.97 Å². The quantitative estimate of drug-likeness (QED) is 0.182. The Morgan fingerprint density at radius 2 is 1.02 bits per heavy atom. The first-order valence-electron chi connectivity index (χ1n) is 19.3. The third kappa shape index (κ3) is 4.77. The minimum Gasteiger partial charge on any atom is -0.278 e. The van der Waals surface area contributed by atoms with Crippen LogP contribution in [0.2, 0.25) is 0 Å². The van der Waals surface area contributed by atoms with Gasteiger partial charge in [-0.05, 0) is 109 Å². The van der Waals surface area contributed by atoms with Crippen molar-refractivity contribution in [2.75, 3.05) is 0 Å². The number of hydrogen-bond donors (Lipinski definition) is 0. The average molecular weight is 712 g/mol. The second-order valence-corrected chi connectivity index (χ2v) is 15.0. The van der Waals surface area contributed by atoms with Crippen LogP contribution in [0.25, 0.3) is 105 Å². The van der Waals surface area contributed by atoms with E-state index in [-0.39, 0.29) is 0 Å². The van der Waals surface area contributed by atoms with Crippen LogP contribution < -0.4 is 0 Å². The van der Waals surface area contributed by atoms with E-state index in [1.54, 1.807) is 0 Å². The molecule has 3 heteroatoms. The lowest BCUT2D eigenvalue weighted by molar-refractivity contribution is 1.01. The smallest absolute Gasteiger partial charge is 0.235 e. The minimum absolute atomic E-state index is 0.666.